The zero-order valence-electron chi connectivity index (χ0n) is 11.8. The van der Waals surface area contributed by atoms with Gasteiger partial charge < -0.3 is 14.2 Å². The van der Waals surface area contributed by atoms with Crippen molar-refractivity contribution < 1.29 is 23.8 Å². The highest BCUT2D eigenvalue weighted by Gasteiger charge is 2.08. The summed E-state index contributed by atoms with van der Waals surface area (Å²) in [4.78, 5) is 21.7. The van der Waals surface area contributed by atoms with E-state index in [1.54, 1.807) is 19.1 Å². The summed E-state index contributed by atoms with van der Waals surface area (Å²) in [6, 6.07) is 4.69. The van der Waals surface area contributed by atoms with Crippen LogP contribution in [0.4, 0.5) is 0 Å². The molecule has 5 nitrogen and oxygen atoms in total. The van der Waals surface area contributed by atoms with Gasteiger partial charge in [0.25, 0.3) is 0 Å². The molecule has 5 heteroatoms. The molecule has 0 saturated heterocycles. The Morgan fingerprint density at radius 1 is 1.26 bits per heavy atom. The average Bonchev–Trinajstić information content (AvgIpc) is 2.47. The molecule has 19 heavy (non-hydrogen) atoms. The van der Waals surface area contributed by atoms with Crippen LogP contribution in [0.3, 0.4) is 0 Å². The van der Waals surface area contributed by atoms with E-state index in [1.807, 2.05) is 13.8 Å². The molecule has 0 aliphatic rings. The van der Waals surface area contributed by atoms with Crippen LogP contribution in [0.5, 0.6) is 11.5 Å². The lowest BCUT2D eigenvalue weighted by atomic mass is 10.2. The van der Waals surface area contributed by atoms with Crippen molar-refractivity contribution in [2.45, 2.75) is 20.8 Å². The van der Waals surface area contributed by atoms with Crippen LogP contribution in [-0.2, 0) is 9.53 Å². The highest BCUT2D eigenvalue weighted by Crippen LogP contribution is 2.27. The van der Waals surface area contributed by atoms with E-state index in [1.165, 1.54) is 13.2 Å². The van der Waals surface area contributed by atoms with Gasteiger partial charge in [-0.15, -0.1) is 0 Å². The Labute approximate surface area is 113 Å². The van der Waals surface area contributed by atoms with E-state index >= 15 is 0 Å². The van der Waals surface area contributed by atoms with E-state index in [9.17, 15) is 9.59 Å². The van der Waals surface area contributed by atoms with Gasteiger partial charge in [0.05, 0.1) is 13.7 Å². The van der Waals surface area contributed by atoms with Crippen LogP contribution < -0.4 is 9.47 Å². The second kappa shape index (κ2) is 9.94. The fraction of sp³-hybridized carbons (Fsp3) is 0.429. The molecule has 106 valence electrons. The van der Waals surface area contributed by atoms with Crippen molar-refractivity contribution in [2.75, 3.05) is 20.3 Å². The van der Waals surface area contributed by atoms with Crippen LogP contribution >= 0.6 is 0 Å². The fourth-order valence-corrected chi connectivity index (χ4v) is 1.22. The molecule has 0 amide bonds. The van der Waals surface area contributed by atoms with E-state index in [0.29, 0.717) is 30.0 Å². The first kappa shape index (κ1) is 17.0. The highest BCUT2D eigenvalue weighted by atomic mass is 16.6. The topological polar surface area (TPSA) is 61.8 Å². The highest BCUT2D eigenvalue weighted by molar-refractivity contribution is 5.76. The fourth-order valence-electron chi connectivity index (χ4n) is 1.22. The van der Waals surface area contributed by atoms with Crippen molar-refractivity contribution in [1.82, 2.24) is 0 Å². The molecule has 0 spiro atoms. The number of ether oxygens (including phenoxy) is 3. The number of hydrogen-bond donors (Lipinski definition) is 0. The Morgan fingerprint density at radius 3 is 2.47 bits per heavy atom. The lowest BCUT2D eigenvalue weighted by Gasteiger charge is -2.10. The maximum atomic E-state index is 11.1. The van der Waals surface area contributed by atoms with Gasteiger partial charge in [-0.25, -0.2) is 4.79 Å². The molecule has 0 heterocycles. The number of hydrogen-bond acceptors (Lipinski definition) is 5. The summed E-state index contributed by atoms with van der Waals surface area (Å²) in [6.45, 7) is 5.84. The SMILES string of the molecule is CC.CCOC(=O)COc1ccc(C=O)cc1OC. The van der Waals surface area contributed by atoms with Crippen LogP contribution in [0.1, 0.15) is 31.1 Å². The monoisotopic (exact) mass is 268 g/mol. The maximum Gasteiger partial charge on any atom is 0.344 e. The standard InChI is InChI=1S/C12H14O5.C2H6/c1-3-16-12(14)8-17-10-5-4-9(7-13)6-11(10)15-2;1-2/h4-7H,3,8H2,1-2H3;1-2H3. The van der Waals surface area contributed by atoms with E-state index in [-0.39, 0.29) is 6.61 Å². The second-order valence-electron chi connectivity index (χ2n) is 3.12. The third-order valence-corrected chi connectivity index (χ3v) is 1.97. The minimum absolute atomic E-state index is 0.190. The first-order valence-electron chi connectivity index (χ1n) is 6.13. The summed E-state index contributed by atoms with van der Waals surface area (Å²) in [7, 11) is 1.46. The summed E-state index contributed by atoms with van der Waals surface area (Å²) in [5.74, 6) is 0.346. The molecule has 0 unspecified atom stereocenters. The van der Waals surface area contributed by atoms with Crippen LogP contribution in [0.25, 0.3) is 0 Å². The molecular weight excluding hydrogens is 248 g/mol. The molecule has 0 N–H and O–H groups in total. The Bertz CT molecular complexity index is 401. The first-order valence-corrected chi connectivity index (χ1v) is 6.13. The number of benzene rings is 1. The third-order valence-electron chi connectivity index (χ3n) is 1.97. The molecule has 0 aliphatic heterocycles. The number of carbonyl (C=O) groups excluding carboxylic acids is 2. The molecule has 0 aromatic heterocycles. The van der Waals surface area contributed by atoms with Gasteiger partial charge in [0.15, 0.2) is 18.1 Å². The smallest absolute Gasteiger partial charge is 0.344 e. The van der Waals surface area contributed by atoms with E-state index in [0.717, 1.165) is 0 Å². The zero-order chi connectivity index (χ0) is 14.7. The van der Waals surface area contributed by atoms with Crippen molar-refractivity contribution in [3.8, 4) is 11.5 Å². The summed E-state index contributed by atoms with van der Waals surface area (Å²) in [6.07, 6.45) is 0.706. The average molecular weight is 268 g/mol. The molecule has 1 aromatic carbocycles. The largest absolute Gasteiger partial charge is 0.493 e. The van der Waals surface area contributed by atoms with E-state index < -0.39 is 5.97 Å². The van der Waals surface area contributed by atoms with Crippen molar-refractivity contribution in [2.24, 2.45) is 0 Å². The van der Waals surface area contributed by atoms with E-state index in [4.69, 9.17) is 14.2 Å². The zero-order valence-corrected chi connectivity index (χ0v) is 11.8. The van der Waals surface area contributed by atoms with Crippen LogP contribution in [0.15, 0.2) is 18.2 Å². The summed E-state index contributed by atoms with van der Waals surface area (Å²) in [5, 5.41) is 0. The molecule has 0 radical (unpaired) electrons. The molecule has 0 saturated carbocycles. The van der Waals surface area contributed by atoms with E-state index in [2.05, 4.69) is 0 Å². The van der Waals surface area contributed by atoms with Gasteiger partial charge in [0, 0.05) is 5.56 Å². The van der Waals surface area contributed by atoms with Gasteiger partial charge in [-0.3, -0.25) is 4.79 Å². The molecule has 0 bridgehead atoms. The quantitative estimate of drug-likeness (QED) is 0.586. The van der Waals surface area contributed by atoms with Gasteiger partial charge in [-0.05, 0) is 25.1 Å². The molecule has 1 rings (SSSR count). The number of rotatable bonds is 6. The molecule has 1 aromatic rings. The summed E-state index contributed by atoms with van der Waals surface area (Å²) < 4.78 is 15.0. The third kappa shape index (κ3) is 5.90. The maximum absolute atomic E-state index is 11.1. The van der Waals surface area contributed by atoms with Crippen molar-refractivity contribution in [3.63, 3.8) is 0 Å². The second-order valence-corrected chi connectivity index (χ2v) is 3.12. The Balaban J connectivity index is 0.00000154. The summed E-state index contributed by atoms with van der Waals surface area (Å²) in [5.41, 5.74) is 0.477. The van der Waals surface area contributed by atoms with Crippen LogP contribution in [-0.4, -0.2) is 32.6 Å². The molecule has 0 aliphatic carbocycles. The normalized spacial score (nSPS) is 8.84. The van der Waals surface area contributed by atoms with Gasteiger partial charge in [0.1, 0.15) is 6.29 Å². The first-order chi connectivity index (χ1) is 9.21. The van der Waals surface area contributed by atoms with Gasteiger partial charge in [0.2, 0.25) is 0 Å². The molecule has 0 fully saturated rings. The van der Waals surface area contributed by atoms with Gasteiger partial charge >= 0.3 is 5.97 Å². The Morgan fingerprint density at radius 2 is 1.95 bits per heavy atom. The van der Waals surface area contributed by atoms with Crippen molar-refractivity contribution in [1.29, 1.82) is 0 Å². The number of esters is 1. The summed E-state index contributed by atoms with van der Waals surface area (Å²) >= 11 is 0. The number of methoxy groups -OCH3 is 1. The predicted octanol–water partition coefficient (Wildman–Crippen LogP) is 2.48. The predicted molar refractivity (Wildman–Crippen MR) is 71.9 cm³/mol. The van der Waals surface area contributed by atoms with Crippen molar-refractivity contribution >= 4 is 12.3 Å². The van der Waals surface area contributed by atoms with Crippen LogP contribution in [0.2, 0.25) is 0 Å². The molecule has 0 atom stereocenters. The van der Waals surface area contributed by atoms with Gasteiger partial charge in [-0.2, -0.15) is 0 Å². The minimum atomic E-state index is -0.450. The Hall–Kier alpha value is -2.04. The minimum Gasteiger partial charge on any atom is -0.493 e. The number of aldehydes is 1. The lowest BCUT2D eigenvalue weighted by Crippen LogP contribution is -2.14. The van der Waals surface area contributed by atoms with Crippen LogP contribution in [0, 0.1) is 0 Å². The Kier molecular flexibility index (Phi) is 8.87. The molecular formula is C14H20O5. The lowest BCUT2D eigenvalue weighted by molar-refractivity contribution is -0.145. The van der Waals surface area contributed by atoms with Gasteiger partial charge in [-0.1, -0.05) is 13.8 Å². The van der Waals surface area contributed by atoms with Crippen molar-refractivity contribution in [3.05, 3.63) is 23.8 Å². The number of carbonyl (C=O) groups is 2.